The maximum absolute atomic E-state index is 6.64. The molecule has 5 nitrogen and oxygen atoms in total. The summed E-state index contributed by atoms with van der Waals surface area (Å²) in [5.41, 5.74) is 12.6. The molecule has 0 amide bonds. The van der Waals surface area contributed by atoms with Crippen LogP contribution >= 0.6 is 0 Å². The molecule has 3 heterocycles. The van der Waals surface area contributed by atoms with Crippen molar-refractivity contribution in [3.63, 3.8) is 0 Å². The summed E-state index contributed by atoms with van der Waals surface area (Å²) in [6.45, 7) is 0. The Morgan fingerprint density at radius 1 is 0.286 bits per heavy atom. The van der Waals surface area contributed by atoms with Crippen molar-refractivity contribution in [2.75, 3.05) is 0 Å². The Bertz CT molecular complexity index is 3220. The van der Waals surface area contributed by atoms with Gasteiger partial charge in [-0.1, -0.05) is 158 Å². The van der Waals surface area contributed by atoms with Crippen LogP contribution in [0.3, 0.4) is 0 Å². The second kappa shape index (κ2) is 13.0. The highest BCUT2D eigenvalue weighted by Crippen LogP contribution is 2.44. The van der Waals surface area contributed by atoms with E-state index in [1.807, 2.05) is 66.7 Å². The quantitative estimate of drug-likeness (QED) is 0.171. The third-order valence-corrected chi connectivity index (χ3v) is 10.6. The summed E-state index contributed by atoms with van der Waals surface area (Å²) >= 11 is 0. The average molecular weight is 718 g/mol. The molecule has 0 aliphatic heterocycles. The van der Waals surface area contributed by atoms with Gasteiger partial charge in [0.2, 0.25) is 0 Å². The lowest BCUT2D eigenvalue weighted by Gasteiger charge is -2.10. The summed E-state index contributed by atoms with van der Waals surface area (Å²) in [5, 5.41) is 4.12. The smallest absolute Gasteiger partial charge is 0.164 e. The van der Waals surface area contributed by atoms with Crippen LogP contribution in [0.4, 0.5) is 0 Å². The first kappa shape index (κ1) is 31.9. The number of hydrogen-bond donors (Lipinski definition) is 0. The average Bonchev–Trinajstić information content (AvgIpc) is 3.86. The van der Waals surface area contributed by atoms with Gasteiger partial charge in [0, 0.05) is 43.8 Å². The summed E-state index contributed by atoms with van der Waals surface area (Å²) in [6, 6.07) is 64.4. The first-order valence-corrected chi connectivity index (χ1v) is 18.7. The summed E-state index contributed by atoms with van der Waals surface area (Å²) in [7, 11) is 0. The number of furan rings is 2. The second-order valence-electron chi connectivity index (χ2n) is 13.9. The number of benzene rings is 8. The van der Waals surface area contributed by atoms with Gasteiger partial charge in [0.25, 0.3) is 0 Å². The highest BCUT2D eigenvalue weighted by atomic mass is 16.3. The van der Waals surface area contributed by atoms with Crippen molar-refractivity contribution >= 4 is 43.9 Å². The third-order valence-electron chi connectivity index (χ3n) is 10.6. The van der Waals surface area contributed by atoms with Crippen LogP contribution in [-0.4, -0.2) is 15.0 Å². The van der Waals surface area contributed by atoms with E-state index in [0.29, 0.717) is 17.5 Å². The number of aromatic nitrogens is 3. The molecule has 0 spiro atoms. The van der Waals surface area contributed by atoms with Crippen LogP contribution in [0.5, 0.6) is 0 Å². The Labute approximate surface area is 322 Å². The maximum atomic E-state index is 6.64. The first-order valence-electron chi connectivity index (χ1n) is 18.7. The van der Waals surface area contributed by atoms with E-state index in [9.17, 15) is 0 Å². The van der Waals surface area contributed by atoms with E-state index in [1.165, 1.54) is 0 Å². The molecule has 0 saturated carbocycles. The number of nitrogens with zero attached hydrogens (tertiary/aromatic N) is 3. The predicted octanol–water partition coefficient (Wildman–Crippen LogP) is 13.7. The van der Waals surface area contributed by atoms with E-state index < -0.39 is 0 Å². The topological polar surface area (TPSA) is 65.0 Å². The van der Waals surface area contributed by atoms with Gasteiger partial charge in [-0.3, -0.25) is 0 Å². The molecule has 0 aliphatic rings. The van der Waals surface area contributed by atoms with E-state index in [4.69, 9.17) is 23.8 Å². The van der Waals surface area contributed by atoms with Crippen molar-refractivity contribution in [3.8, 4) is 67.5 Å². The Hall–Kier alpha value is -7.63. The zero-order valence-corrected chi connectivity index (χ0v) is 30.1. The summed E-state index contributed by atoms with van der Waals surface area (Å²) < 4.78 is 13.2. The van der Waals surface area contributed by atoms with Gasteiger partial charge in [-0.25, -0.2) is 15.0 Å². The van der Waals surface area contributed by atoms with Crippen LogP contribution in [0, 0.1) is 0 Å². The van der Waals surface area contributed by atoms with Crippen molar-refractivity contribution in [3.05, 3.63) is 188 Å². The van der Waals surface area contributed by atoms with Crippen LogP contribution in [0.25, 0.3) is 111 Å². The number of para-hydroxylation sites is 1. The van der Waals surface area contributed by atoms with E-state index in [0.717, 1.165) is 93.9 Å². The Morgan fingerprint density at radius 2 is 0.821 bits per heavy atom. The standard InChI is InChI=1S/C51H31N3O2/c1-4-13-32(14-5-1)33-23-25-36(26-24-33)50-52-49(35-17-8-3-9-18-35)53-51(54-50)42-20-12-22-44-46(42)41-28-27-37(31-45(41)55-44)38-29-30-39(34-15-6-2-7-16-34)48-47(38)40-19-10-11-21-43(40)56-48/h1-31H. The summed E-state index contributed by atoms with van der Waals surface area (Å²) in [6.07, 6.45) is 0. The van der Waals surface area contributed by atoms with E-state index >= 15 is 0 Å². The molecule has 0 bridgehead atoms. The summed E-state index contributed by atoms with van der Waals surface area (Å²) in [4.78, 5) is 15.2. The molecule has 3 aromatic heterocycles. The fourth-order valence-electron chi connectivity index (χ4n) is 7.88. The van der Waals surface area contributed by atoms with E-state index in [2.05, 4.69) is 121 Å². The largest absolute Gasteiger partial charge is 0.456 e. The Balaban J connectivity index is 1.06. The molecule has 8 aromatic carbocycles. The molecule has 0 unspecified atom stereocenters. The Morgan fingerprint density at radius 3 is 1.57 bits per heavy atom. The minimum absolute atomic E-state index is 0.585. The molecule has 56 heavy (non-hydrogen) atoms. The summed E-state index contributed by atoms with van der Waals surface area (Å²) in [5.74, 6) is 1.80. The highest BCUT2D eigenvalue weighted by Gasteiger charge is 2.21. The zero-order chi connectivity index (χ0) is 37.0. The molecule has 0 saturated heterocycles. The van der Waals surface area contributed by atoms with Crippen molar-refractivity contribution in [1.82, 2.24) is 15.0 Å². The van der Waals surface area contributed by atoms with Crippen molar-refractivity contribution in [2.45, 2.75) is 0 Å². The minimum atomic E-state index is 0.585. The number of fused-ring (bicyclic) bond motifs is 6. The van der Waals surface area contributed by atoms with Gasteiger partial charge in [-0.2, -0.15) is 0 Å². The molecular weight excluding hydrogens is 687 g/mol. The minimum Gasteiger partial charge on any atom is -0.456 e. The lowest BCUT2D eigenvalue weighted by molar-refractivity contribution is 0.668. The molecule has 11 aromatic rings. The molecule has 0 fully saturated rings. The van der Waals surface area contributed by atoms with Crippen LogP contribution in [0.1, 0.15) is 0 Å². The number of rotatable bonds is 6. The van der Waals surface area contributed by atoms with Crippen LogP contribution in [0.2, 0.25) is 0 Å². The van der Waals surface area contributed by atoms with Gasteiger partial charge in [0.15, 0.2) is 17.5 Å². The van der Waals surface area contributed by atoms with Gasteiger partial charge in [-0.15, -0.1) is 0 Å². The lowest BCUT2D eigenvalue weighted by atomic mass is 9.94. The molecular formula is C51H31N3O2. The van der Waals surface area contributed by atoms with E-state index in [-0.39, 0.29) is 0 Å². The predicted molar refractivity (Wildman–Crippen MR) is 227 cm³/mol. The molecule has 0 radical (unpaired) electrons. The van der Waals surface area contributed by atoms with Crippen molar-refractivity contribution in [2.24, 2.45) is 0 Å². The van der Waals surface area contributed by atoms with Crippen molar-refractivity contribution in [1.29, 1.82) is 0 Å². The molecule has 0 aliphatic carbocycles. The Kier molecular flexibility index (Phi) is 7.42. The second-order valence-corrected chi connectivity index (χ2v) is 13.9. The normalized spacial score (nSPS) is 11.6. The monoisotopic (exact) mass is 717 g/mol. The first-order chi connectivity index (χ1) is 27.7. The van der Waals surface area contributed by atoms with Gasteiger partial charge >= 0.3 is 0 Å². The van der Waals surface area contributed by atoms with Crippen molar-refractivity contribution < 1.29 is 8.83 Å². The molecule has 5 heteroatoms. The van der Waals surface area contributed by atoms with Gasteiger partial charge < -0.3 is 8.83 Å². The molecule has 262 valence electrons. The fraction of sp³-hybridized carbons (Fsp3) is 0. The number of hydrogen-bond acceptors (Lipinski definition) is 5. The third kappa shape index (κ3) is 5.37. The van der Waals surface area contributed by atoms with Crippen LogP contribution in [0.15, 0.2) is 197 Å². The van der Waals surface area contributed by atoms with Gasteiger partial charge in [0.1, 0.15) is 22.3 Å². The SMILES string of the molecule is c1ccc(-c2ccc(-c3nc(-c4ccccc4)nc(-c4cccc5oc6cc(-c7ccc(-c8ccccc8)c8oc9ccccc9c78)ccc6c45)n3)cc2)cc1. The molecule has 11 rings (SSSR count). The zero-order valence-electron chi connectivity index (χ0n) is 30.1. The maximum Gasteiger partial charge on any atom is 0.164 e. The van der Waals surface area contributed by atoms with E-state index in [1.54, 1.807) is 0 Å². The van der Waals surface area contributed by atoms with Crippen LogP contribution in [-0.2, 0) is 0 Å². The fourth-order valence-corrected chi connectivity index (χ4v) is 7.88. The lowest BCUT2D eigenvalue weighted by Crippen LogP contribution is -2.00. The van der Waals surface area contributed by atoms with Gasteiger partial charge in [0.05, 0.1) is 0 Å². The van der Waals surface area contributed by atoms with Crippen LogP contribution < -0.4 is 0 Å². The van der Waals surface area contributed by atoms with Gasteiger partial charge in [-0.05, 0) is 58.1 Å². The highest BCUT2D eigenvalue weighted by molar-refractivity contribution is 6.17. The molecule has 0 atom stereocenters. The molecule has 0 N–H and O–H groups in total.